The predicted molar refractivity (Wildman–Crippen MR) is 103 cm³/mol. The van der Waals surface area contributed by atoms with E-state index >= 15 is 0 Å². The Labute approximate surface area is 151 Å². The van der Waals surface area contributed by atoms with Gasteiger partial charge < -0.3 is 4.57 Å². The minimum Gasteiger partial charge on any atom is -0.347 e. The molecule has 0 unspecified atom stereocenters. The summed E-state index contributed by atoms with van der Waals surface area (Å²) in [5.41, 5.74) is 4.08. The van der Waals surface area contributed by atoms with Gasteiger partial charge >= 0.3 is 0 Å². The lowest BCUT2D eigenvalue weighted by atomic mass is 10.1. The first-order valence-electron chi connectivity index (χ1n) is 8.19. The zero-order valence-corrected chi connectivity index (χ0v) is 15.7. The fraction of sp³-hybridized carbons (Fsp3) is 0.300. The minimum atomic E-state index is 0.820. The molecule has 0 atom stereocenters. The van der Waals surface area contributed by atoms with E-state index in [9.17, 15) is 0 Å². The minimum absolute atomic E-state index is 0.820. The maximum absolute atomic E-state index is 6.19. The van der Waals surface area contributed by atoms with Gasteiger partial charge in [0.2, 0.25) is 0 Å². The summed E-state index contributed by atoms with van der Waals surface area (Å²) in [5.74, 6) is 0. The average molecular weight is 391 g/mol. The van der Waals surface area contributed by atoms with E-state index in [2.05, 4.69) is 70.0 Å². The molecule has 1 aromatic heterocycles. The van der Waals surface area contributed by atoms with E-state index < -0.39 is 0 Å². The van der Waals surface area contributed by atoms with Crippen LogP contribution < -0.4 is 0 Å². The van der Waals surface area contributed by atoms with E-state index in [0.29, 0.717) is 0 Å². The zero-order valence-electron chi connectivity index (χ0n) is 13.4. The Balaban J connectivity index is 1.79. The summed E-state index contributed by atoms with van der Waals surface area (Å²) in [6, 6.07) is 14.7. The molecular weight excluding hydrogens is 370 g/mol. The van der Waals surface area contributed by atoms with Gasteiger partial charge in [-0.3, -0.25) is 0 Å². The number of aryl methyl sites for hydroxylation is 3. The zero-order chi connectivity index (χ0) is 16.2. The fourth-order valence-corrected chi connectivity index (χ4v) is 3.79. The summed E-state index contributed by atoms with van der Waals surface area (Å²) < 4.78 is 3.59. The van der Waals surface area contributed by atoms with Crippen molar-refractivity contribution in [2.24, 2.45) is 0 Å². The maximum Gasteiger partial charge on any atom is 0.0484 e. The van der Waals surface area contributed by atoms with Crippen molar-refractivity contribution < 1.29 is 0 Å². The van der Waals surface area contributed by atoms with E-state index in [-0.39, 0.29) is 0 Å². The lowest BCUT2D eigenvalue weighted by Gasteiger charge is -2.07. The summed E-state index contributed by atoms with van der Waals surface area (Å²) in [4.78, 5) is 0. The van der Waals surface area contributed by atoms with Gasteiger partial charge in [0, 0.05) is 33.1 Å². The Morgan fingerprint density at radius 2 is 1.87 bits per heavy atom. The molecule has 0 aliphatic carbocycles. The quantitative estimate of drug-likeness (QED) is 0.444. The molecule has 0 saturated heterocycles. The van der Waals surface area contributed by atoms with Crippen LogP contribution in [-0.2, 0) is 19.4 Å². The monoisotopic (exact) mass is 389 g/mol. The van der Waals surface area contributed by atoms with Crippen molar-refractivity contribution in [2.75, 3.05) is 0 Å². The van der Waals surface area contributed by atoms with E-state index in [1.54, 1.807) is 0 Å². The van der Waals surface area contributed by atoms with E-state index in [1.807, 2.05) is 6.07 Å². The molecule has 0 bridgehead atoms. The number of benzene rings is 2. The molecule has 0 aliphatic rings. The summed E-state index contributed by atoms with van der Waals surface area (Å²) in [6.07, 6.45) is 6.78. The molecule has 3 rings (SSSR count). The van der Waals surface area contributed by atoms with E-state index in [4.69, 9.17) is 11.6 Å². The number of fused-ring (bicyclic) bond motifs is 1. The van der Waals surface area contributed by atoms with Gasteiger partial charge in [-0.15, -0.1) is 0 Å². The molecule has 0 aliphatic heterocycles. The molecule has 0 N–H and O–H groups in total. The molecule has 1 nitrogen and oxygen atoms in total. The number of rotatable bonds is 6. The largest absolute Gasteiger partial charge is 0.347 e. The molecular formula is C20H21BrClN. The van der Waals surface area contributed by atoms with Gasteiger partial charge in [-0.25, -0.2) is 0 Å². The number of halogens is 2. The van der Waals surface area contributed by atoms with Crippen LogP contribution in [0.4, 0.5) is 0 Å². The Kier molecular flexibility index (Phi) is 5.45. The van der Waals surface area contributed by atoms with Crippen molar-refractivity contribution in [1.82, 2.24) is 4.57 Å². The van der Waals surface area contributed by atoms with Crippen LogP contribution in [0.2, 0.25) is 5.02 Å². The van der Waals surface area contributed by atoms with Crippen molar-refractivity contribution in [2.45, 2.75) is 39.2 Å². The van der Waals surface area contributed by atoms with Crippen LogP contribution in [0.25, 0.3) is 10.9 Å². The second kappa shape index (κ2) is 7.55. The van der Waals surface area contributed by atoms with Gasteiger partial charge in [0.05, 0.1) is 0 Å². The van der Waals surface area contributed by atoms with Crippen molar-refractivity contribution >= 4 is 38.4 Å². The van der Waals surface area contributed by atoms with Gasteiger partial charge in [0.1, 0.15) is 0 Å². The van der Waals surface area contributed by atoms with Crippen LogP contribution >= 0.6 is 27.5 Å². The highest BCUT2D eigenvalue weighted by atomic mass is 79.9. The number of nitrogens with zero attached hydrogens (tertiary/aromatic N) is 1. The second-order valence-electron chi connectivity index (χ2n) is 5.95. The Hall–Kier alpha value is -1.25. The number of aromatic nitrogens is 1. The average Bonchev–Trinajstić information content (AvgIpc) is 2.87. The van der Waals surface area contributed by atoms with Crippen LogP contribution in [0.15, 0.2) is 53.1 Å². The van der Waals surface area contributed by atoms with E-state index in [0.717, 1.165) is 37.3 Å². The SMILES string of the molecule is CCCc1cn(CCCc2ccccc2Br)c2ccc(Cl)cc12. The van der Waals surface area contributed by atoms with Crippen molar-refractivity contribution in [3.05, 3.63) is 69.3 Å². The fourth-order valence-electron chi connectivity index (χ4n) is 3.14. The lowest BCUT2D eigenvalue weighted by Crippen LogP contribution is -1.98. The molecule has 3 heteroatoms. The second-order valence-corrected chi connectivity index (χ2v) is 7.24. The molecule has 1 heterocycles. The Bertz CT molecular complexity index is 807. The lowest BCUT2D eigenvalue weighted by molar-refractivity contribution is 0.658. The third kappa shape index (κ3) is 3.81. The number of hydrogen-bond donors (Lipinski definition) is 0. The predicted octanol–water partition coefficient (Wildman–Crippen LogP) is 6.64. The smallest absolute Gasteiger partial charge is 0.0484 e. The van der Waals surface area contributed by atoms with Gasteiger partial charge in [-0.1, -0.05) is 59.1 Å². The summed E-state index contributed by atoms with van der Waals surface area (Å²) in [6.45, 7) is 3.25. The molecule has 0 saturated carbocycles. The van der Waals surface area contributed by atoms with Crippen LogP contribution in [0.5, 0.6) is 0 Å². The summed E-state index contributed by atoms with van der Waals surface area (Å²) in [7, 11) is 0. The molecule has 0 spiro atoms. The van der Waals surface area contributed by atoms with Crippen LogP contribution in [0, 0.1) is 0 Å². The molecule has 0 radical (unpaired) electrons. The van der Waals surface area contributed by atoms with Gasteiger partial charge in [0.25, 0.3) is 0 Å². The highest BCUT2D eigenvalue weighted by Gasteiger charge is 2.09. The van der Waals surface area contributed by atoms with Crippen LogP contribution in [0.1, 0.15) is 30.9 Å². The molecule has 120 valence electrons. The van der Waals surface area contributed by atoms with Gasteiger partial charge in [-0.05, 0) is 54.7 Å². The topological polar surface area (TPSA) is 4.93 Å². The van der Waals surface area contributed by atoms with Crippen molar-refractivity contribution in [3.8, 4) is 0 Å². The summed E-state index contributed by atoms with van der Waals surface area (Å²) >= 11 is 9.82. The molecule has 0 fully saturated rings. The van der Waals surface area contributed by atoms with Gasteiger partial charge in [-0.2, -0.15) is 0 Å². The first-order valence-corrected chi connectivity index (χ1v) is 9.37. The third-order valence-electron chi connectivity index (χ3n) is 4.25. The molecule has 3 aromatic rings. The Morgan fingerprint density at radius 3 is 2.65 bits per heavy atom. The highest BCUT2D eigenvalue weighted by Crippen LogP contribution is 2.26. The molecule has 23 heavy (non-hydrogen) atoms. The van der Waals surface area contributed by atoms with Crippen molar-refractivity contribution in [1.29, 1.82) is 0 Å². The Morgan fingerprint density at radius 1 is 1.04 bits per heavy atom. The molecule has 2 aromatic carbocycles. The van der Waals surface area contributed by atoms with Crippen LogP contribution in [0.3, 0.4) is 0 Å². The van der Waals surface area contributed by atoms with E-state index in [1.165, 1.54) is 26.5 Å². The van der Waals surface area contributed by atoms with Crippen molar-refractivity contribution in [3.63, 3.8) is 0 Å². The maximum atomic E-state index is 6.19. The highest BCUT2D eigenvalue weighted by molar-refractivity contribution is 9.10. The van der Waals surface area contributed by atoms with Crippen LogP contribution in [-0.4, -0.2) is 4.57 Å². The first-order chi connectivity index (χ1) is 11.2. The first kappa shape index (κ1) is 16.6. The number of hydrogen-bond acceptors (Lipinski definition) is 0. The third-order valence-corrected chi connectivity index (χ3v) is 5.26. The molecule has 0 amide bonds. The summed E-state index contributed by atoms with van der Waals surface area (Å²) in [5, 5.41) is 2.13. The normalized spacial score (nSPS) is 11.3. The van der Waals surface area contributed by atoms with Gasteiger partial charge in [0.15, 0.2) is 0 Å². The standard InChI is InChI=1S/C20H21BrClN/c1-2-6-16-14-23(20-11-10-17(22)13-18(16)20)12-5-8-15-7-3-4-9-19(15)21/h3-4,7,9-11,13-14H,2,5-6,8,12H2,1H3.